The fourth-order valence-electron chi connectivity index (χ4n) is 10.6. The van der Waals surface area contributed by atoms with Crippen LogP contribution >= 0.6 is 0 Å². The van der Waals surface area contributed by atoms with E-state index in [1.807, 2.05) is 6.92 Å². The molecule has 5 aliphatic rings. The summed E-state index contributed by atoms with van der Waals surface area (Å²) in [5.74, 6) is 1.07. The van der Waals surface area contributed by atoms with Crippen molar-refractivity contribution in [2.24, 2.45) is 50.2 Å². The van der Waals surface area contributed by atoms with E-state index in [0.717, 1.165) is 57.7 Å². The van der Waals surface area contributed by atoms with Gasteiger partial charge in [-0.05, 0) is 90.8 Å². The first-order valence-electron chi connectivity index (χ1n) is 14.4. The first kappa shape index (κ1) is 26.4. The number of amides is 1. The van der Waals surface area contributed by atoms with E-state index in [0.29, 0.717) is 18.9 Å². The van der Waals surface area contributed by atoms with Gasteiger partial charge in [-0.3, -0.25) is 4.79 Å². The third-order valence-corrected chi connectivity index (χ3v) is 12.8. The van der Waals surface area contributed by atoms with Crippen molar-refractivity contribution in [1.29, 1.82) is 0 Å². The maximum absolute atomic E-state index is 13.5. The van der Waals surface area contributed by atoms with Crippen LogP contribution in [0.5, 0.6) is 0 Å². The first-order chi connectivity index (χ1) is 16.7. The van der Waals surface area contributed by atoms with Gasteiger partial charge >= 0.3 is 0 Å². The normalized spacial score (nSPS) is 51.8. The number of hydrogen-bond acceptors (Lipinski definition) is 4. The minimum absolute atomic E-state index is 0.00913. The molecule has 1 amide bonds. The molecule has 5 heteroatoms. The minimum Gasteiger partial charge on any atom is -0.368 e. The zero-order valence-corrected chi connectivity index (χ0v) is 23.7. The summed E-state index contributed by atoms with van der Waals surface area (Å²) in [6.45, 7) is 14.4. The highest BCUT2D eigenvalue weighted by Crippen LogP contribution is 2.75. The Hall–Kier alpha value is -1.20. The molecular weight excluding hydrogens is 450 g/mol. The number of allylic oxidation sites excluding steroid dienone is 2. The van der Waals surface area contributed by atoms with E-state index in [-0.39, 0.29) is 44.8 Å². The molecule has 0 radical (unpaired) electrons. The van der Waals surface area contributed by atoms with Crippen LogP contribution in [-0.4, -0.2) is 37.2 Å². The van der Waals surface area contributed by atoms with Gasteiger partial charge in [0, 0.05) is 18.9 Å². The zero-order chi connectivity index (χ0) is 26.4. The Labute approximate surface area is 218 Å². The van der Waals surface area contributed by atoms with Crippen molar-refractivity contribution in [3.8, 4) is 0 Å². The van der Waals surface area contributed by atoms with Crippen LogP contribution in [0.25, 0.3) is 0 Å². The van der Waals surface area contributed by atoms with Crippen molar-refractivity contribution in [3.05, 3.63) is 11.6 Å². The summed E-state index contributed by atoms with van der Waals surface area (Å²) in [6, 6.07) is 0. The third kappa shape index (κ3) is 3.33. The summed E-state index contributed by atoms with van der Waals surface area (Å²) in [5.41, 5.74) is 0.772. The van der Waals surface area contributed by atoms with Gasteiger partial charge in [-0.1, -0.05) is 53.2 Å². The number of carbonyl (C=O) groups excluding carboxylic acids is 2. The van der Waals surface area contributed by atoms with Crippen LogP contribution in [0.15, 0.2) is 11.6 Å². The Morgan fingerprint density at radius 2 is 1.72 bits per heavy atom. The molecule has 1 aliphatic heterocycles. The minimum atomic E-state index is -0.828. The second-order valence-corrected chi connectivity index (χ2v) is 15.0. The lowest BCUT2D eigenvalue weighted by Gasteiger charge is -2.69. The average Bonchev–Trinajstić information content (AvgIpc) is 2.92. The molecule has 0 aromatic rings. The first-order valence-corrected chi connectivity index (χ1v) is 14.4. The van der Waals surface area contributed by atoms with Crippen LogP contribution in [0.3, 0.4) is 0 Å². The molecule has 5 nitrogen and oxygen atoms in total. The molecule has 1 heterocycles. The quantitative estimate of drug-likeness (QED) is 0.380. The van der Waals surface area contributed by atoms with Gasteiger partial charge in [0.1, 0.15) is 6.29 Å². The van der Waals surface area contributed by atoms with Crippen LogP contribution in [0, 0.1) is 50.2 Å². The number of nitrogens with one attached hydrogen (secondary N) is 1. The van der Waals surface area contributed by atoms with E-state index in [1.165, 1.54) is 5.57 Å². The van der Waals surface area contributed by atoms with Crippen molar-refractivity contribution in [2.45, 2.75) is 106 Å². The van der Waals surface area contributed by atoms with Crippen molar-refractivity contribution in [1.82, 2.24) is 5.32 Å². The lowest BCUT2D eigenvalue weighted by atomic mass is 9.34. The molecular formula is C31H49NO4. The number of fused-ring (bicyclic) bond motifs is 7. The van der Waals surface area contributed by atoms with Crippen LogP contribution in [0.2, 0.25) is 0 Å². The predicted octanol–water partition coefficient (Wildman–Crippen LogP) is 5.66. The molecule has 4 fully saturated rings. The van der Waals surface area contributed by atoms with Crippen molar-refractivity contribution >= 4 is 12.2 Å². The van der Waals surface area contributed by atoms with E-state index >= 15 is 0 Å². The van der Waals surface area contributed by atoms with Gasteiger partial charge in [0.2, 0.25) is 5.91 Å². The summed E-state index contributed by atoms with van der Waals surface area (Å²) in [6.07, 6.45) is 11.5. The molecule has 1 saturated heterocycles. The molecule has 0 unspecified atom stereocenters. The van der Waals surface area contributed by atoms with Crippen LogP contribution in [-0.2, 0) is 14.3 Å². The molecule has 9 atom stereocenters. The lowest BCUT2D eigenvalue weighted by molar-refractivity contribution is -0.176. The summed E-state index contributed by atoms with van der Waals surface area (Å²) in [5, 5.41) is 13.9. The second kappa shape index (κ2) is 8.15. The zero-order valence-electron chi connectivity index (χ0n) is 23.7. The molecule has 0 aromatic carbocycles. The van der Waals surface area contributed by atoms with Gasteiger partial charge in [0.15, 0.2) is 6.29 Å². The molecule has 36 heavy (non-hydrogen) atoms. The number of hydrogen-bond donors (Lipinski definition) is 2. The number of aliphatic hydroxyl groups is 1. The summed E-state index contributed by atoms with van der Waals surface area (Å²) >= 11 is 0. The fraction of sp³-hybridized carbons (Fsp3) is 0.871. The van der Waals surface area contributed by atoms with Gasteiger partial charge in [-0.25, -0.2) is 0 Å². The predicted molar refractivity (Wildman–Crippen MR) is 141 cm³/mol. The van der Waals surface area contributed by atoms with Gasteiger partial charge < -0.3 is 20.0 Å². The summed E-state index contributed by atoms with van der Waals surface area (Å²) < 4.78 is 5.82. The number of ether oxygens (including phenoxy) is 1. The number of carbonyl (C=O) groups is 2. The Balaban J connectivity index is 1.62. The molecule has 5 rings (SSSR count). The van der Waals surface area contributed by atoms with Crippen LogP contribution in [0.4, 0.5) is 0 Å². The highest BCUT2D eigenvalue weighted by Gasteiger charge is 2.69. The topological polar surface area (TPSA) is 75.6 Å². The molecule has 202 valence electrons. The molecule has 2 N–H and O–H groups in total. The van der Waals surface area contributed by atoms with Crippen molar-refractivity contribution in [3.63, 3.8) is 0 Å². The van der Waals surface area contributed by atoms with Gasteiger partial charge in [-0.2, -0.15) is 0 Å². The summed E-state index contributed by atoms with van der Waals surface area (Å²) in [7, 11) is 1.81. The molecule has 4 aliphatic carbocycles. The Bertz CT molecular complexity index is 974. The van der Waals surface area contributed by atoms with E-state index in [1.54, 1.807) is 7.05 Å². The van der Waals surface area contributed by atoms with E-state index in [4.69, 9.17) is 4.74 Å². The molecule has 3 saturated carbocycles. The number of rotatable bonds is 2. The maximum Gasteiger partial charge on any atom is 0.226 e. The second-order valence-electron chi connectivity index (χ2n) is 15.0. The largest absolute Gasteiger partial charge is 0.368 e. The van der Waals surface area contributed by atoms with Crippen molar-refractivity contribution < 1.29 is 19.4 Å². The Kier molecular flexibility index (Phi) is 5.98. The number of aldehydes is 1. The molecule has 0 bridgehead atoms. The molecule has 0 aromatic heterocycles. The maximum atomic E-state index is 13.5. The Morgan fingerprint density at radius 1 is 1.03 bits per heavy atom. The Morgan fingerprint density at radius 3 is 2.39 bits per heavy atom. The van der Waals surface area contributed by atoms with Gasteiger partial charge in [-0.15, -0.1) is 0 Å². The molecule has 0 spiro atoms. The van der Waals surface area contributed by atoms with Crippen LogP contribution in [0.1, 0.15) is 99.3 Å². The number of aliphatic hydroxyl groups excluding tert-OH is 1. The third-order valence-electron chi connectivity index (χ3n) is 12.8. The van der Waals surface area contributed by atoms with Gasteiger partial charge in [0.05, 0.1) is 12.0 Å². The lowest BCUT2D eigenvalue weighted by Crippen LogP contribution is -2.64. The van der Waals surface area contributed by atoms with E-state index in [2.05, 4.69) is 46.0 Å². The highest BCUT2D eigenvalue weighted by molar-refractivity contribution is 5.84. The van der Waals surface area contributed by atoms with Crippen molar-refractivity contribution in [2.75, 3.05) is 13.7 Å². The summed E-state index contributed by atoms with van der Waals surface area (Å²) in [4.78, 5) is 25.9. The van der Waals surface area contributed by atoms with E-state index < -0.39 is 11.7 Å². The van der Waals surface area contributed by atoms with Gasteiger partial charge in [0.25, 0.3) is 0 Å². The monoisotopic (exact) mass is 499 g/mol. The highest BCUT2D eigenvalue weighted by atomic mass is 16.6. The standard InChI is InChI=1S/C31H49NO4/c1-26(2)12-14-31(25(35)32-7)15-13-29(5)20(21(31)16-26)8-9-23-28(4)17-24(34)36-19-27(3,18-33)22(28)10-11-30(23,29)6/h8,18,21-24,34H,9-17,19H2,1-7H3,(H,32,35)/t21-,22-,23+,24-,27-,28-,29+,30+,31-/m0/s1. The average molecular weight is 500 g/mol. The fourth-order valence-corrected chi connectivity index (χ4v) is 10.6. The SMILES string of the molecule is CNC(=O)[C@]12CCC(C)(C)C[C@H]1C1=CC[C@@H]3[C@@]4(C)C[C@@H](O)OC[C@](C)(C=O)[C@@H]4CC[C@@]3(C)[C@]1(C)CC2. The smallest absolute Gasteiger partial charge is 0.226 e. The van der Waals surface area contributed by atoms with Crippen LogP contribution < -0.4 is 5.32 Å². The van der Waals surface area contributed by atoms with E-state index in [9.17, 15) is 14.7 Å².